The van der Waals surface area contributed by atoms with E-state index in [1.807, 2.05) is 27.7 Å². The van der Waals surface area contributed by atoms with Crippen molar-refractivity contribution in [3.05, 3.63) is 22.5 Å². The van der Waals surface area contributed by atoms with Crippen molar-refractivity contribution in [3.63, 3.8) is 0 Å². The number of amides is 1. The van der Waals surface area contributed by atoms with Gasteiger partial charge in [-0.2, -0.15) is 0 Å². The second kappa shape index (κ2) is 7.74. The number of nitrogens with one attached hydrogen (secondary N) is 2. The van der Waals surface area contributed by atoms with E-state index in [1.165, 1.54) is 11.4 Å². The zero-order valence-corrected chi connectivity index (χ0v) is 17.1. The molecule has 2 rings (SSSR count). The standard InChI is InChI=1S/C18H30N4O2S/c1-11(2)14(8-20-17(23)24-18(5,6)7)19-9-15-13(4)21-16-22(15)12(3)10-25-16/h10-11,14,19H,8-9H2,1-7H3,(H,20,23). The molecule has 1 atom stereocenters. The molecule has 1 amide bonds. The highest BCUT2D eigenvalue weighted by atomic mass is 32.1. The Morgan fingerprint density at radius 1 is 1.36 bits per heavy atom. The molecular formula is C18H30N4O2S. The van der Waals surface area contributed by atoms with Gasteiger partial charge in [0.05, 0.1) is 11.4 Å². The van der Waals surface area contributed by atoms with Crippen LogP contribution in [0, 0.1) is 19.8 Å². The summed E-state index contributed by atoms with van der Waals surface area (Å²) in [6.45, 7) is 15.2. The summed E-state index contributed by atoms with van der Waals surface area (Å²) in [4.78, 5) is 17.5. The molecule has 0 fully saturated rings. The maximum Gasteiger partial charge on any atom is 0.407 e. The number of imidazole rings is 1. The van der Waals surface area contributed by atoms with E-state index in [2.05, 4.69) is 46.2 Å². The molecule has 0 bridgehead atoms. The van der Waals surface area contributed by atoms with Crippen LogP contribution in [0.3, 0.4) is 0 Å². The average Bonchev–Trinajstić information content (AvgIpc) is 2.96. The van der Waals surface area contributed by atoms with Crippen LogP contribution in [-0.2, 0) is 11.3 Å². The summed E-state index contributed by atoms with van der Waals surface area (Å²) < 4.78 is 7.51. The van der Waals surface area contributed by atoms with Crippen molar-refractivity contribution in [3.8, 4) is 0 Å². The summed E-state index contributed by atoms with van der Waals surface area (Å²) in [6.07, 6.45) is -0.378. The van der Waals surface area contributed by atoms with Gasteiger partial charge in [0.1, 0.15) is 5.60 Å². The molecule has 140 valence electrons. The molecule has 0 saturated carbocycles. The van der Waals surface area contributed by atoms with Crippen molar-refractivity contribution < 1.29 is 9.53 Å². The molecular weight excluding hydrogens is 336 g/mol. The fourth-order valence-corrected chi connectivity index (χ4v) is 3.59. The minimum Gasteiger partial charge on any atom is -0.444 e. The normalized spacial score (nSPS) is 13.4. The quantitative estimate of drug-likeness (QED) is 0.819. The summed E-state index contributed by atoms with van der Waals surface area (Å²) >= 11 is 1.66. The van der Waals surface area contributed by atoms with Gasteiger partial charge in [-0.1, -0.05) is 13.8 Å². The first-order valence-electron chi connectivity index (χ1n) is 8.70. The number of thiazole rings is 1. The van der Waals surface area contributed by atoms with Crippen LogP contribution in [0.1, 0.15) is 51.7 Å². The van der Waals surface area contributed by atoms with Crippen molar-refractivity contribution in [1.82, 2.24) is 20.0 Å². The van der Waals surface area contributed by atoms with Crippen molar-refractivity contribution in [2.45, 2.75) is 66.7 Å². The minimum absolute atomic E-state index is 0.149. The molecule has 0 aliphatic carbocycles. The fourth-order valence-electron chi connectivity index (χ4n) is 2.65. The summed E-state index contributed by atoms with van der Waals surface area (Å²) in [7, 11) is 0. The third-order valence-corrected chi connectivity index (χ3v) is 4.98. The van der Waals surface area contributed by atoms with E-state index in [0.717, 1.165) is 10.7 Å². The topological polar surface area (TPSA) is 67.7 Å². The SMILES string of the molecule is Cc1nc2scc(C)n2c1CNC(CNC(=O)OC(C)(C)C)C(C)C. The van der Waals surface area contributed by atoms with Crippen LogP contribution in [0.5, 0.6) is 0 Å². The van der Waals surface area contributed by atoms with Gasteiger partial charge in [0.25, 0.3) is 0 Å². The highest BCUT2D eigenvalue weighted by molar-refractivity contribution is 7.15. The second-order valence-corrected chi connectivity index (χ2v) is 8.59. The predicted molar refractivity (Wildman–Crippen MR) is 102 cm³/mol. The van der Waals surface area contributed by atoms with Gasteiger partial charge in [-0.05, 0) is 40.5 Å². The van der Waals surface area contributed by atoms with Crippen LogP contribution in [0.15, 0.2) is 5.38 Å². The van der Waals surface area contributed by atoms with Gasteiger partial charge in [0.2, 0.25) is 0 Å². The molecule has 0 radical (unpaired) electrons. The predicted octanol–water partition coefficient (Wildman–Crippen LogP) is 3.65. The lowest BCUT2D eigenvalue weighted by atomic mass is 10.0. The van der Waals surface area contributed by atoms with Crippen LogP contribution in [0.2, 0.25) is 0 Å². The molecule has 2 aromatic rings. The first-order valence-corrected chi connectivity index (χ1v) is 9.58. The third kappa shape index (κ3) is 5.19. The van der Waals surface area contributed by atoms with Crippen LogP contribution in [-0.4, -0.2) is 33.7 Å². The van der Waals surface area contributed by atoms with Gasteiger partial charge in [0.15, 0.2) is 4.96 Å². The van der Waals surface area contributed by atoms with Gasteiger partial charge in [-0.15, -0.1) is 11.3 Å². The molecule has 7 heteroatoms. The summed E-state index contributed by atoms with van der Waals surface area (Å²) in [5.74, 6) is 0.377. The number of aryl methyl sites for hydroxylation is 2. The van der Waals surface area contributed by atoms with E-state index < -0.39 is 5.60 Å². The van der Waals surface area contributed by atoms with Crippen LogP contribution in [0.4, 0.5) is 4.79 Å². The molecule has 0 aromatic carbocycles. The molecule has 2 heterocycles. The second-order valence-electron chi connectivity index (χ2n) is 7.75. The highest BCUT2D eigenvalue weighted by Gasteiger charge is 2.20. The first kappa shape index (κ1) is 19.7. The number of fused-ring (bicyclic) bond motifs is 1. The lowest BCUT2D eigenvalue weighted by Crippen LogP contribution is -2.45. The Balaban J connectivity index is 1.98. The molecule has 0 aliphatic heterocycles. The molecule has 2 aromatic heterocycles. The smallest absolute Gasteiger partial charge is 0.407 e. The molecule has 6 nitrogen and oxygen atoms in total. The summed E-state index contributed by atoms with van der Waals surface area (Å²) in [5, 5.41) is 8.55. The largest absolute Gasteiger partial charge is 0.444 e. The number of hydrogen-bond donors (Lipinski definition) is 2. The fraction of sp³-hybridized carbons (Fsp3) is 0.667. The Bertz CT molecular complexity index is 727. The number of alkyl carbamates (subject to hydrolysis) is 1. The number of ether oxygens (including phenoxy) is 1. The van der Waals surface area contributed by atoms with Gasteiger partial charge < -0.3 is 15.4 Å². The number of aromatic nitrogens is 2. The molecule has 0 aliphatic rings. The zero-order valence-electron chi connectivity index (χ0n) is 16.3. The average molecular weight is 367 g/mol. The minimum atomic E-state index is -0.484. The van der Waals surface area contributed by atoms with Crippen LogP contribution < -0.4 is 10.6 Å². The lowest BCUT2D eigenvalue weighted by Gasteiger charge is -2.25. The number of nitrogens with zero attached hydrogens (tertiary/aromatic N) is 2. The van der Waals surface area contributed by atoms with Crippen molar-refractivity contribution in [2.75, 3.05) is 6.54 Å². The summed E-state index contributed by atoms with van der Waals surface area (Å²) in [6, 6.07) is 0.149. The van der Waals surface area contributed by atoms with E-state index in [0.29, 0.717) is 19.0 Å². The van der Waals surface area contributed by atoms with Gasteiger partial charge >= 0.3 is 6.09 Å². The first-order chi connectivity index (χ1) is 11.6. The third-order valence-electron chi connectivity index (χ3n) is 4.03. The van der Waals surface area contributed by atoms with Gasteiger partial charge in [-0.25, -0.2) is 9.78 Å². The molecule has 25 heavy (non-hydrogen) atoms. The Labute approximate surface area is 154 Å². The van der Waals surface area contributed by atoms with E-state index in [9.17, 15) is 4.79 Å². The Hall–Kier alpha value is -1.60. The monoisotopic (exact) mass is 366 g/mol. The van der Waals surface area contributed by atoms with Crippen molar-refractivity contribution >= 4 is 22.4 Å². The van der Waals surface area contributed by atoms with E-state index >= 15 is 0 Å². The zero-order chi connectivity index (χ0) is 18.8. The highest BCUT2D eigenvalue weighted by Crippen LogP contribution is 2.20. The Kier molecular flexibility index (Phi) is 6.11. The summed E-state index contributed by atoms with van der Waals surface area (Å²) in [5.41, 5.74) is 2.94. The molecule has 0 spiro atoms. The number of hydrogen-bond acceptors (Lipinski definition) is 5. The molecule has 0 saturated heterocycles. The Morgan fingerprint density at radius 3 is 2.64 bits per heavy atom. The molecule has 1 unspecified atom stereocenters. The van der Waals surface area contributed by atoms with Gasteiger partial charge in [-0.3, -0.25) is 4.40 Å². The Morgan fingerprint density at radius 2 is 2.04 bits per heavy atom. The number of rotatable bonds is 6. The van der Waals surface area contributed by atoms with Crippen LogP contribution in [0.25, 0.3) is 4.96 Å². The number of carbonyl (C=O) groups is 1. The van der Waals surface area contributed by atoms with Gasteiger partial charge in [0, 0.05) is 30.2 Å². The number of carbonyl (C=O) groups excluding carboxylic acids is 1. The lowest BCUT2D eigenvalue weighted by molar-refractivity contribution is 0.0519. The van der Waals surface area contributed by atoms with Crippen molar-refractivity contribution in [2.24, 2.45) is 5.92 Å². The van der Waals surface area contributed by atoms with E-state index in [-0.39, 0.29) is 12.1 Å². The maximum atomic E-state index is 11.9. The maximum absolute atomic E-state index is 11.9. The van der Waals surface area contributed by atoms with E-state index in [4.69, 9.17) is 4.74 Å². The molecule has 2 N–H and O–H groups in total. The van der Waals surface area contributed by atoms with E-state index in [1.54, 1.807) is 11.3 Å². The van der Waals surface area contributed by atoms with Crippen LogP contribution >= 0.6 is 11.3 Å². The van der Waals surface area contributed by atoms with Crippen molar-refractivity contribution in [1.29, 1.82) is 0 Å².